The Hall–Kier alpha value is -2.66. The Morgan fingerprint density at radius 1 is 1.07 bits per heavy atom. The number of allylic oxidation sites excluding steroid dienone is 1. The molecule has 0 saturated heterocycles. The lowest BCUT2D eigenvalue weighted by Gasteiger charge is -2.35. The quantitative estimate of drug-likeness (QED) is 0.778. The molecule has 0 spiro atoms. The zero-order valence-electron chi connectivity index (χ0n) is 16.8. The maximum absolute atomic E-state index is 13.2. The third kappa shape index (κ3) is 3.00. The van der Waals surface area contributed by atoms with Gasteiger partial charge in [0.25, 0.3) is 0 Å². The summed E-state index contributed by atoms with van der Waals surface area (Å²) < 4.78 is 11.3. The van der Waals surface area contributed by atoms with E-state index in [0.717, 1.165) is 11.1 Å². The summed E-state index contributed by atoms with van der Waals surface area (Å²) in [6.07, 6.45) is 1.35. The Kier molecular flexibility index (Phi) is 5.57. The number of Topliss-reactive ketones (excluding diaryl/α,β-unsaturated/α-hetero) is 1. The van der Waals surface area contributed by atoms with Gasteiger partial charge < -0.3 is 14.3 Å². The third-order valence-corrected chi connectivity index (χ3v) is 5.72. The van der Waals surface area contributed by atoms with Crippen LogP contribution in [-0.4, -0.2) is 18.0 Å². The molecule has 0 amide bonds. The average Bonchev–Trinajstić information content (AvgIpc) is 2.70. The number of ether oxygens (including phenoxy) is 1. The van der Waals surface area contributed by atoms with E-state index in [1.807, 2.05) is 45.0 Å². The molecular weight excluding hydrogens is 356 g/mol. The normalized spacial score (nSPS) is 15.6. The topological polar surface area (TPSA) is 76.7 Å². The first-order chi connectivity index (χ1) is 13.4. The second-order valence-corrected chi connectivity index (χ2v) is 7.11. The number of methoxy groups -OCH3 is 1. The van der Waals surface area contributed by atoms with Crippen molar-refractivity contribution in [2.75, 3.05) is 7.11 Å². The Labute approximate surface area is 164 Å². The van der Waals surface area contributed by atoms with Crippen molar-refractivity contribution in [2.45, 2.75) is 52.1 Å². The predicted octanol–water partition coefficient (Wildman–Crippen LogP) is 4.77. The first-order valence-electron chi connectivity index (χ1n) is 9.67. The Bertz CT molecular complexity index is 975. The number of aliphatic hydroxyl groups excluding tert-OH is 1. The van der Waals surface area contributed by atoms with Gasteiger partial charge in [-0.25, -0.2) is 0 Å². The predicted molar refractivity (Wildman–Crippen MR) is 108 cm³/mol. The number of carbonyl (C=O) groups excluding carboxylic acids is 1. The second kappa shape index (κ2) is 7.76. The van der Waals surface area contributed by atoms with E-state index in [0.29, 0.717) is 37.2 Å². The van der Waals surface area contributed by atoms with E-state index in [4.69, 9.17) is 9.15 Å². The number of aliphatic hydroxyl groups is 1. The largest absolute Gasteiger partial charge is 0.507 e. The Morgan fingerprint density at radius 3 is 2.25 bits per heavy atom. The van der Waals surface area contributed by atoms with Crippen LogP contribution in [0.3, 0.4) is 0 Å². The van der Waals surface area contributed by atoms with E-state index >= 15 is 0 Å². The molecule has 1 aromatic carbocycles. The van der Waals surface area contributed by atoms with Gasteiger partial charge in [0, 0.05) is 24.3 Å². The maximum atomic E-state index is 13.2. The molecule has 0 atom stereocenters. The molecule has 28 heavy (non-hydrogen) atoms. The van der Waals surface area contributed by atoms with Crippen LogP contribution in [0.25, 0.3) is 17.1 Å². The Balaban J connectivity index is 2.25. The fourth-order valence-electron chi connectivity index (χ4n) is 4.00. The van der Waals surface area contributed by atoms with Gasteiger partial charge in [-0.15, -0.1) is 0 Å². The number of carbonyl (C=O) groups is 1. The van der Waals surface area contributed by atoms with Gasteiger partial charge in [0.15, 0.2) is 11.2 Å². The Morgan fingerprint density at radius 2 is 1.71 bits per heavy atom. The monoisotopic (exact) mass is 382 g/mol. The lowest BCUT2D eigenvalue weighted by Crippen LogP contribution is -2.41. The van der Waals surface area contributed by atoms with Crippen LogP contribution in [0.2, 0.25) is 0 Å². The molecule has 3 rings (SSSR count). The highest BCUT2D eigenvalue weighted by atomic mass is 16.5. The molecule has 0 aliphatic heterocycles. The average molecular weight is 382 g/mol. The zero-order valence-corrected chi connectivity index (χ0v) is 16.8. The van der Waals surface area contributed by atoms with Crippen LogP contribution in [0.1, 0.15) is 56.9 Å². The number of hydrogen-bond donors (Lipinski definition) is 1. The number of rotatable bonds is 6. The molecule has 0 fully saturated rings. The number of ketones is 1. The fraction of sp³-hybridized carbons (Fsp3) is 0.391. The molecule has 1 aliphatic rings. The molecule has 5 heteroatoms. The van der Waals surface area contributed by atoms with Crippen molar-refractivity contribution in [3.05, 3.63) is 63.0 Å². The van der Waals surface area contributed by atoms with Gasteiger partial charge in [-0.3, -0.25) is 9.59 Å². The van der Waals surface area contributed by atoms with Crippen molar-refractivity contribution in [1.29, 1.82) is 0 Å². The zero-order chi connectivity index (χ0) is 20.5. The lowest BCUT2D eigenvalue weighted by molar-refractivity contribution is -0.122. The van der Waals surface area contributed by atoms with Gasteiger partial charge >= 0.3 is 0 Å². The van der Waals surface area contributed by atoms with Crippen molar-refractivity contribution < 1.29 is 19.1 Å². The summed E-state index contributed by atoms with van der Waals surface area (Å²) in [5, 5.41) is 10.6. The summed E-state index contributed by atoms with van der Waals surface area (Å²) in [7, 11) is 1.63. The summed E-state index contributed by atoms with van der Waals surface area (Å²) in [6, 6.07) is 8.91. The van der Waals surface area contributed by atoms with Gasteiger partial charge in [-0.1, -0.05) is 45.0 Å². The van der Waals surface area contributed by atoms with Crippen LogP contribution in [0.4, 0.5) is 0 Å². The van der Waals surface area contributed by atoms with Crippen LogP contribution in [-0.2, 0) is 21.6 Å². The molecule has 0 unspecified atom stereocenters. The van der Waals surface area contributed by atoms with Gasteiger partial charge in [0.05, 0.1) is 12.0 Å². The lowest BCUT2D eigenvalue weighted by atomic mass is 9.68. The summed E-state index contributed by atoms with van der Waals surface area (Å²) >= 11 is 0. The van der Waals surface area contributed by atoms with Gasteiger partial charge in [0.2, 0.25) is 0 Å². The van der Waals surface area contributed by atoms with Crippen molar-refractivity contribution in [1.82, 2.24) is 0 Å². The molecule has 148 valence electrons. The van der Waals surface area contributed by atoms with Gasteiger partial charge in [0.1, 0.15) is 22.8 Å². The number of fused-ring (bicyclic) bond motifs is 1. The molecule has 5 nitrogen and oxygen atoms in total. The van der Waals surface area contributed by atoms with E-state index in [1.165, 1.54) is 6.07 Å². The highest BCUT2D eigenvalue weighted by Crippen LogP contribution is 2.44. The van der Waals surface area contributed by atoms with E-state index in [1.54, 1.807) is 7.11 Å². The van der Waals surface area contributed by atoms with Crippen LogP contribution < -0.4 is 5.43 Å². The SMILES string of the molecule is CCC1=C(O)c2c(oc(-c3ccc(COC)cc3)cc2=O)C(CC)(CC)C1=O. The fourth-order valence-corrected chi connectivity index (χ4v) is 4.00. The van der Waals surface area contributed by atoms with Crippen LogP contribution in [0.5, 0.6) is 0 Å². The van der Waals surface area contributed by atoms with E-state index in [2.05, 4.69) is 0 Å². The molecule has 0 bridgehead atoms. The van der Waals surface area contributed by atoms with Gasteiger partial charge in [-0.2, -0.15) is 0 Å². The minimum atomic E-state index is -0.932. The van der Waals surface area contributed by atoms with E-state index < -0.39 is 5.41 Å². The number of hydrogen-bond acceptors (Lipinski definition) is 5. The molecule has 0 radical (unpaired) electrons. The van der Waals surface area contributed by atoms with Crippen LogP contribution >= 0.6 is 0 Å². The van der Waals surface area contributed by atoms with Crippen molar-refractivity contribution in [3.63, 3.8) is 0 Å². The molecular formula is C23H26O5. The molecule has 1 aromatic heterocycles. The highest BCUT2D eigenvalue weighted by Gasteiger charge is 2.48. The first kappa shape index (κ1) is 20.1. The van der Waals surface area contributed by atoms with Crippen molar-refractivity contribution >= 4 is 11.5 Å². The molecule has 1 N–H and O–H groups in total. The molecule has 2 aromatic rings. The minimum Gasteiger partial charge on any atom is -0.507 e. The summed E-state index contributed by atoms with van der Waals surface area (Å²) in [5.74, 6) is 0.275. The van der Waals surface area contributed by atoms with E-state index in [-0.39, 0.29) is 28.3 Å². The minimum absolute atomic E-state index is 0.125. The highest BCUT2D eigenvalue weighted by molar-refractivity contribution is 6.10. The molecule has 1 heterocycles. The maximum Gasteiger partial charge on any atom is 0.196 e. The van der Waals surface area contributed by atoms with Gasteiger partial charge in [-0.05, 0) is 24.8 Å². The van der Waals surface area contributed by atoms with Crippen molar-refractivity contribution in [3.8, 4) is 11.3 Å². The molecule has 0 saturated carbocycles. The standard InChI is InChI=1S/C23H26O5/c1-5-16-20(25)19-17(24)12-18(15-10-8-14(9-11-15)13-27-4)28-22(19)23(6-2,7-3)21(16)26/h8-12,25H,5-7,13H2,1-4H3. The number of benzene rings is 1. The second-order valence-electron chi connectivity index (χ2n) is 7.11. The van der Waals surface area contributed by atoms with Crippen LogP contribution in [0.15, 0.2) is 45.1 Å². The van der Waals surface area contributed by atoms with Crippen molar-refractivity contribution in [2.24, 2.45) is 0 Å². The first-order valence-corrected chi connectivity index (χ1v) is 9.67. The summed E-state index contributed by atoms with van der Waals surface area (Å²) in [6.45, 7) is 6.12. The molecule has 1 aliphatic carbocycles. The van der Waals surface area contributed by atoms with E-state index in [9.17, 15) is 14.7 Å². The summed E-state index contributed by atoms with van der Waals surface area (Å²) in [4.78, 5) is 26.1. The third-order valence-electron chi connectivity index (χ3n) is 5.72. The smallest absolute Gasteiger partial charge is 0.196 e. The summed E-state index contributed by atoms with van der Waals surface area (Å²) in [5.41, 5.74) is 0.905. The van der Waals surface area contributed by atoms with Crippen LogP contribution in [0, 0.1) is 0 Å².